The molecule has 0 heterocycles. The third-order valence-corrected chi connectivity index (χ3v) is 1.29. The van der Waals surface area contributed by atoms with Crippen LogP contribution in [0.25, 0.3) is 0 Å². The van der Waals surface area contributed by atoms with Gasteiger partial charge in [-0.15, -0.1) is 0 Å². The molecule has 0 aromatic heterocycles. The molecule has 0 saturated heterocycles. The highest BCUT2D eigenvalue weighted by Gasteiger charge is 1.79. The second kappa shape index (κ2) is 6.63. The van der Waals surface area contributed by atoms with Crippen LogP contribution in [-0.2, 0) is 0 Å². The fraction of sp³-hybridized carbons (Fsp3) is 0.333. The zero-order chi connectivity index (χ0) is 7.82. The van der Waals surface area contributed by atoms with E-state index in [1.165, 1.54) is 0 Å². The molecule has 0 unspecified atom stereocenters. The van der Waals surface area contributed by atoms with Gasteiger partial charge in [-0.3, -0.25) is 0 Å². The van der Waals surface area contributed by atoms with E-state index in [-0.39, 0.29) is 0 Å². The molecular formula is C9H13Cl. The molecule has 0 spiro atoms. The smallest absolute Gasteiger partial charge is 0.0365 e. The van der Waals surface area contributed by atoms with Gasteiger partial charge in [0.1, 0.15) is 0 Å². The normalized spacial score (nSPS) is 13.7. The topological polar surface area (TPSA) is 0 Å². The van der Waals surface area contributed by atoms with Crippen molar-refractivity contribution in [1.29, 1.82) is 0 Å². The first-order valence-electron chi connectivity index (χ1n) is 3.40. The number of halogens is 1. The summed E-state index contributed by atoms with van der Waals surface area (Å²) in [7, 11) is 0. The quantitative estimate of drug-likeness (QED) is 0.432. The van der Waals surface area contributed by atoms with E-state index in [1.807, 2.05) is 38.2 Å². The molecule has 56 valence electrons. The van der Waals surface area contributed by atoms with Crippen molar-refractivity contribution < 1.29 is 0 Å². The van der Waals surface area contributed by atoms with Gasteiger partial charge >= 0.3 is 0 Å². The molecule has 0 aliphatic heterocycles. The Morgan fingerprint density at radius 3 is 2.50 bits per heavy atom. The summed E-state index contributed by atoms with van der Waals surface area (Å²) in [5.74, 6) is 0. The Bertz CT molecular complexity index is 152. The number of rotatable bonds is 3. The van der Waals surface area contributed by atoms with Crippen molar-refractivity contribution >= 4 is 11.6 Å². The molecule has 0 amide bonds. The van der Waals surface area contributed by atoms with Gasteiger partial charge in [-0.05, 0) is 26.3 Å². The van der Waals surface area contributed by atoms with Crippen molar-refractivity contribution in [3.8, 4) is 0 Å². The van der Waals surface area contributed by atoms with Crippen LogP contribution >= 0.6 is 11.6 Å². The molecule has 0 saturated carbocycles. The van der Waals surface area contributed by atoms with Gasteiger partial charge in [-0.1, -0.05) is 35.9 Å². The summed E-state index contributed by atoms with van der Waals surface area (Å²) in [6, 6.07) is 0. The molecule has 0 rings (SSSR count). The standard InChI is InChI=1S/C9H13Cl/c1-3-5-6-8-9(10)7-4-2/h3-5,7-8H,6H2,1-2H3/b5-3+,7-4-,9-8?. The highest BCUT2D eigenvalue weighted by molar-refractivity contribution is 6.31. The van der Waals surface area contributed by atoms with Gasteiger partial charge in [-0.25, -0.2) is 0 Å². The summed E-state index contributed by atoms with van der Waals surface area (Å²) in [5, 5.41) is 0.806. The minimum Gasteiger partial charge on any atom is -0.0914 e. The Hall–Kier alpha value is -0.490. The summed E-state index contributed by atoms with van der Waals surface area (Å²) in [5.41, 5.74) is 0. The first-order chi connectivity index (χ1) is 4.81. The summed E-state index contributed by atoms with van der Waals surface area (Å²) < 4.78 is 0. The van der Waals surface area contributed by atoms with E-state index >= 15 is 0 Å². The second-order valence-electron chi connectivity index (χ2n) is 1.89. The zero-order valence-electron chi connectivity index (χ0n) is 6.47. The first kappa shape index (κ1) is 9.51. The molecule has 10 heavy (non-hydrogen) atoms. The molecule has 0 N–H and O–H groups in total. The first-order valence-corrected chi connectivity index (χ1v) is 3.78. The lowest BCUT2D eigenvalue weighted by atomic mass is 10.3. The highest BCUT2D eigenvalue weighted by atomic mass is 35.5. The molecule has 0 aliphatic rings. The van der Waals surface area contributed by atoms with E-state index < -0.39 is 0 Å². The summed E-state index contributed by atoms with van der Waals surface area (Å²) in [4.78, 5) is 0. The van der Waals surface area contributed by atoms with Crippen molar-refractivity contribution in [3.05, 3.63) is 35.4 Å². The SMILES string of the molecule is C/C=C\C(Cl)=CC/C=C/C. The van der Waals surface area contributed by atoms with Gasteiger partial charge in [-0.2, -0.15) is 0 Å². The molecule has 0 nitrogen and oxygen atoms in total. The maximum Gasteiger partial charge on any atom is 0.0365 e. The third-order valence-electron chi connectivity index (χ3n) is 1.01. The number of allylic oxidation sites excluding steroid dienone is 6. The van der Waals surface area contributed by atoms with Crippen molar-refractivity contribution in [1.82, 2.24) is 0 Å². The largest absolute Gasteiger partial charge is 0.0914 e. The zero-order valence-corrected chi connectivity index (χ0v) is 7.23. The molecule has 0 atom stereocenters. The predicted octanol–water partition coefficient (Wildman–Crippen LogP) is 3.65. The van der Waals surface area contributed by atoms with Crippen molar-refractivity contribution in [2.75, 3.05) is 0 Å². The fourth-order valence-electron chi connectivity index (χ4n) is 0.544. The van der Waals surface area contributed by atoms with Crippen molar-refractivity contribution in [2.24, 2.45) is 0 Å². The molecule has 1 heteroatoms. The average Bonchev–Trinajstić information content (AvgIpc) is 1.89. The van der Waals surface area contributed by atoms with Crippen LogP contribution in [0.3, 0.4) is 0 Å². The van der Waals surface area contributed by atoms with Crippen LogP contribution in [0.15, 0.2) is 35.4 Å². The number of hydrogen-bond donors (Lipinski definition) is 0. The van der Waals surface area contributed by atoms with Gasteiger partial charge in [0.25, 0.3) is 0 Å². The van der Waals surface area contributed by atoms with Crippen LogP contribution in [0.5, 0.6) is 0 Å². The van der Waals surface area contributed by atoms with Crippen molar-refractivity contribution in [2.45, 2.75) is 20.3 Å². The van der Waals surface area contributed by atoms with Gasteiger partial charge in [0.05, 0.1) is 0 Å². The lowest BCUT2D eigenvalue weighted by molar-refractivity contribution is 1.37. The summed E-state index contributed by atoms with van der Waals surface area (Å²) in [6.07, 6.45) is 10.8. The third kappa shape index (κ3) is 5.64. The second-order valence-corrected chi connectivity index (χ2v) is 2.33. The lowest BCUT2D eigenvalue weighted by Gasteiger charge is -1.84. The van der Waals surface area contributed by atoms with E-state index in [1.54, 1.807) is 0 Å². The Kier molecular flexibility index (Phi) is 6.30. The van der Waals surface area contributed by atoms with Gasteiger partial charge < -0.3 is 0 Å². The minimum atomic E-state index is 0.806. The molecule has 0 bridgehead atoms. The van der Waals surface area contributed by atoms with Crippen LogP contribution in [-0.4, -0.2) is 0 Å². The Morgan fingerprint density at radius 1 is 1.30 bits per heavy atom. The Balaban J connectivity index is 3.68. The maximum absolute atomic E-state index is 5.76. The molecule has 0 aromatic carbocycles. The van der Waals surface area contributed by atoms with Gasteiger partial charge in [0.15, 0.2) is 0 Å². The van der Waals surface area contributed by atoms with E-state index in [0.717, 1.165) is 11.5 Å². The molecular weight excluding hydrogens is 144 g/mol. The van der Waals surface area contributed by atoms with E-state index in [0.29, 0.717) is 0 Å². The molecule has 0 aromatic rings. The summed E-state index contributed by atoms with van der Waals surface area (Å²) >= 11 is 5.76. The summed E-state index contributed by atoms with van der Waals surface area (Å²) in [6.45, 7) is 3.95. The monoisotopic (exact) mass is 156 g/mol. The predicted molar refractivity (Wildman–Crippen MR) is 48.2 cm³/mol. The van der Waals surface area contributed by atoms with Crippen molar-refractivity contribution in [3.63, 3.8) is 0 Å². The van der Waals surface area contributed by atoms with Gasteiger partial charge in [0, 0.05) is 5.03 Å². The van der Waals surface area contributed by atoms with Crippen LogP contribution in [0.1, 0.15) is 20.3 Å². The van der Waals surface area contributed by atoms with Crippen LogP contribution < -0.4 is 0 Å². The number of hydrogen-bond acceptors (Lipinski definition) is 0. The van der Waals surface area contributed by atoms with Crippen LogP contribution in [0.2, 0.25) is 0 Å². The van der Waals surface area contributed by atoms with E-state index in [9.17, 15) is 0 Å². The lowest BCUT2D eigenvalue weighted by Crippen LogP contribution is -1.62. The van der Waals surface area contributed by atoms with E-state index in [4.69, 9.17) is 11.6 Å². The van der Waals surface area contributed by atoms with Gasteiger partial charge in [0.2, 0.25) is 0 Å². The fourth-order valence-corrected chi connectivity index (χ4v) is 0.759. The maximum atomic E-state index is 5.76. The van der Waals surface area contributed by atoms with Crippen LogP contribution in [0.4, 0.5) is 0 Å². The highest BCUT2D eigenvalue weighted by Crippen LogP contribution is 2.04. The Labute approximate surface area is 67.9 Å². The molecule has 0 aliphatic carbocycles. The average molecular weight is 157 g/mol. The molecule has 0 fully saturated rings. The van der Waals surface area contributed by atoms with E-state index in [2.05, 4.69) is 6.08 Å². The Morgan fingerprint density at radius 2 is 2.00 bits per heavy atom. The minimum absolute atomic E-state index is 0.806. The van der Waals surface area contributed by atoms with Crippen LogP contribution in [0, 0.1) is 0 Å². The molecule has 0 radical (unpaired) electrons.